The third-order valence-electron chi connectivity index (χ3n) is 3.94. The molecule has 2 amide bonds. The van der Waals surface area contributed by atoms with E-state index in [9.17, 15) is 9.59 Å². The molecule has 26 heavy (non-hydrogen) atoms. The first kappa shape index (κ1) is 18.5. The molecule has 3 rings (SSSR count). The zero-order valence-corrected chi connectivity index (χ0v) is 16.1. The van der Waals surface area contributed by atoms with E-state index < -0.39 is 11.8 Å². The Hall–Kier alpha value is -2.30. The fourth-order valence-electron chi connectivity index (χ4n) is 2.81. The van der Waals surface area contributed by atoms with Crippen LogP contribution in [-0.4, -0.2) is 17.9 Å². The molecule has 0 bridgehead atoms. The Kier molecular flexibility index (Phi) is 5.08. The van der Waals surface area contributed by atoms with Gasteiger partial charge < -0.3 is 4.74 Å². The average molecular weight is 390 g/mol. The Morgan fingerprint density at radius 3 is 2.19 bits per heavy atom. The fourth-order valence-corrected chi connectivity index (χ4v) is 3.32. The lowest BCUT2D eigenvalue weighted by molar-refractivity contribution is -0.119. The summed E-state index contributed by atoms with van der Waals surface area (Å²) in [5, 5.41) is 0.437. The van der Waals surface area contributed by atoms with Crippen molar-refractivity contribution < 1.29 is 14.3 Å². The molecule has 0 unspecified atom stereocenters. The van der Waals surface area contributed by atoms with Gasteiger partial charge in [0.25, 0.3) is 11.8 Å². The van der Waals surface area contributed by atoms with Crippen LogP contribution in [0.3, 0.4) is 0 Å². The van der Waals surface area contributed by atoms with Gasteiger partial charge in [-0.1, -0.05) is 35.3 Å². The van der Waals surface area contributed by atoms with Crippen LogP contribution in [0.4, 0.5) is 5.69 Å². The molecule has 4 nitrogen and oxygen atoms in total. The molecular weight excluding hydrogens is 373 g/mol. The molecule has 0 N–H and O–H groups in total. The number of rotatable bonds is 4. The van der Waals surface area contributed by atoms with E-state index in [1.165, 1.54) is 0 Å². The first-order valence-electron chi connectivity index (χ1n) is 8.11. The van der Waals surface area contributed by atoms with Crippen molar-refractivity contribution >= 4 is 46.3 Å². The topological polar surface area (TPSA) is 46.6 Å². The summed E-state index contributed by atoms with van der Waals surface area (Å²) in [5.74, 6) is -0.315. The van der Waals surface area contributed by atoms with Crippen molar-refractivity contribution in [2.24, 2.45) is 0 Å². The van der Waals surface area contributed by atoms with Gasteiger partial charge in [0.15, 0.2) is 0 Å². The predicted octanol–water partition coefficient (Wildman–Crippen LogP) is 4.96. The molecule has 2 aromatic rings. The molecule has 0 aliphatic carbocycles. The van der Waals surface area contributed by atoms with Gasteiger partial charge >= 0.3 is 0 Å². The number of hydrogen-bond acceptors (Lipinski definition) is 3. The van der Waals surface area contributed by atoms with Crippen molar-refractivity contribution in [3.63, 3.8) is 0 Å². The second-order valence-electron chi connectivity index (χ2n) is 6.26. The first-order valence-corrected chi connectivity index (χ1v) is 8.87. The van der Waals surface area contributed by atoms with Crippen LogP contribution in [0.2, 0.25) is 5.02 Å². The highest BCUT2D eigenvalue weighted by atomic mass is 35.5. The summed E-state index contributed by atoms with van der Waals surface area (Å²) in [5.41, 5.74) is 1.93. The Labute approximate surface area is 162 Å². The van der Waals surface area contributed by atoms with Crippen molar-refractivity contribution in [3.8, 4) is 5.75 Å². The molecule has 1 aliphatic heterocycles. The second-order valence-corrected chi connectivity index (χ2v) is 7.07. The van der Waals surface area contributed by atoms with Crippen LogP contribution in [0, 0.1) is 6.92 Å². The minimum atomic E-state index is -0.542. The normalized spacial score (nSPS) is 14.6. The molecule has 0 atom stereocenters. The number of carbonyl (C=O) groups excluding carboxylic acids is 2. The number of imide groups is 1. The van der Waals surface area contributed by atoms with Gasteiger partial charge in [0, 0.05) is 5.02 Å². The van der Waals surface area contributed by atoms with Crippen molar-refractivity contribution in [1.29, 1.82) is 0 Å². The highest BCUT2D eigenvalue weighted by Crippen LogP contribution is 2.37. The van der Waals surface area contributed by atoms with Crippen molar-refractivity contribution in [1.82, 2.24) is 0 Å². The Morgan fingerprint density at radius 2 is 1.62 bits per heavy atom. The maximum absolute atomic E-state index is 12.9. The average Bonchev–Trinajstić information content (AvgIpc) is 2.78. The molecule has 2 aromatic carbocycles. The van der Waals surface area contributed by atoms with Crippen LogP contribution < -0.4 is 9.64 Å². The molecule has 6 heteroatoms. The fraction of sp³-hybridized carbons (Fsp3) is 0.200. The molecule has 0 spiro atoms. The third-order valence-corrected chi connectivity index (χ3v) is 4.53. The number of halogens is 2. The Morgan fingerprint density at radius 1 is 0.962 bits per heavy atom. The molecule has 0 fully saturated rings. The van der Waals surface area contributed by atoms with Crippen LogP contribution in [-0.2, 0) is 9.59 Å². The van der Waals surface area contributed by atoms with E-state index in [2.05, 4.69) is 0 Å². The van der Waals surface area contributed by atoms with Crippen molar-refractivity contribution in [2.45, 2.75) is 26.9 Å². The number of hydrogen-bond donors (Lipinski definition) is 0. The molecule has 134 valence electrons. The molecular formula is C20H17Cl2NO3. The number of amides is 2. The first-order chi connectivity index (χ1) is 12.3. The molecule has 0 saturated carbocycles. The summed E-state index contributed by atoms with van der Waals surface area (Å²) in [6, 6.07) is 11.9. The van der Waals surface area contributed by atoms with Crippen LogP contribution in [0.5, 0.6) is 5.75 Å². The zero-order chi connectivity index (χ0) is 19.0. The van der Waals surface area contributed by atoms with E-state index in [4.69, 9.17) is 27.9 Å². The van der Waals surface area contributed by atoms with Gasteiger partial charge in [-0.3, -0.25) is 9.59 Å². The Bertz CT molecular complexity index is 917. The summed E-state index contributed by atoms with van der Waals surface area (Å²) >= 11 is 12.2. The van der Waals surface area contributed by atoms with E-state index in [1.54, 1.807) is 49.4 Å². The maximum Gasteiger partial charge on any atom is 0.277 e. The molecule has 1 aliphatic rings. The second kappa shape index (κ2) is 7.14. The zero-order valence-electron chi connectivity index (χ0n) is 14.5. The van der Waals surface area contributed by atoms with Gasteiger partial charge in [0.05, 0.1) is 17.4 Å². The number of benzene rings is 2. The molecule has 1 heterocycles. The monoisotopic (exact) mass is 389 g/mol. The van der Waals surface area contributed by atoms with E-state index in [1.807, 2.05) is 13.8 Å². The lowest BCUT2D eigenvalue weighted by atomic mass is 10.1. The van der Waals surface area contributed by atoms with E-state index in [0.29, 0.717) is 27.6 Å². The lowest BCUT2D eigenvalue weighted by Crippen LogP contribution is -2.31. The quantitative estimate of drug-likeness (QED) is 0.694. The third kappa shape index (κ3) is 3.35. The minimum Gasteiger partial charge on any atom is -0.491 e. The molecule has 0 aromatic heterocycles. The van der Waals surface area contributed by atoms with Gasteiger partial charge in [-0.05, 0) is 62.2 Å². The van der Waals surface area contributed by atoms with Crippen LogP contribution in [0.25, 0.3) is 5.57 Å². The van der Waals surface area contributed by atoms with Gasteiger partial charge in [-0.2, -0.15) is 0 Å². The lowest BCUT2D eigenvalue weighted by Gasteiger charge is -2.17. The summed E-state index contributed by atoms with van der Waals surface area (Å²) in [6.45, 7) is 5.64. The van der Waals surface area contributed by atoms with Crippen LogP contribution in [0.1, 0.15) is 25.0 Å². The highest BCUT2D eigenvalue weighted by molar-refractivity contribution is 6.60. The van der Waals surface area contributed by atoms with Crippen LogP contribution >= 0.6 is 23.2 Å². The number of nitrogens with zero attached hydrogens (tertiary/aromatic N) is 1. The van der Waals surface area contributed by atoms with Gasteiger partial charge in [-0.25, -0.2) is 4.90 Å². The number of ether oxygens (including phenoxy) is 1. The summed E-state index contributed by atoms with van der Waals surface area (Å²) in [6.07, 6.45) is 0.0433. The van der Waals surface area contributed by atoms with Gasteiger partial charge in [0.2, 0.25) is 0 Å². The minimum absolute atomic E-state index is 0.0433. The largest absolute Gasteiger partial charge is 0.491 e. The van der Waals surface area contributed by atoms with Crippen molar-refractivity contribution in [2.75, 3.05) is 4.90 Å². The Balaban J connectivity index is 1.96. The summed E-state index contributed by atoms with van der Waals surface area (Å²) < 4.78 is 5.60. The standard InChI is InChI=1S/C20H17Cl2NO3/c1-11(2)26-15-7-4-13(5-8-15)17-18(22)20(25)23(19(17)24)16-9-6-14(21)10-12(16)3/h4-11H,1-3H3. The smallest absolute Gasteiger partial charge is 0.277 e. The van der Waals surface area contributed by atoms with Crippen molar-refractivity contribution in [3.05, 3.63) is 63.6 Å². The van der Waals surface area contributed by atoms with Gasteiger partial charge in [0.1, 0.15) is 10.8 Å². The molecule has 0 radical (unpaired) electrons. The predicted molar refractivity (Wildman–Crippen MR) is 104 cm³/mol. The van der Waals surface area contributed by atoms with Crippen LogP contribution in [0.15, 0.2) is 47.5 Å². The summed E-state index contributed by atoms with van der Waals surface area (Å²) in [4.78, 5) is 26.6. The van der Waals surface area contributed by atoms with E-state index in [-0.39, 0.29) is 16.7 Å². The number of aryl methyl sites for hydroxylation is 1. The SMILES string of the molecule is Cc1cc(Cl)ccc1N1C(=O)C(Cl)=C(c2ccc(OC(C)C)cc2)C1=O. The summed E-state index contributed by atoms with van der Waals surface area (Å²) in [7, 11) is 0. The highest BCUT2D eigenvalue weighted by Gasteiger charge is 2.39. The van der Waals surface area contributed by atoms with E-state index in [0.717, 1.165) is 4.90 Å². The molecule has 0 saturated heterocycles. The van der Waals surface area contributed by atoms with Gasteiger partial charge in [-0.15, -0.1) is 0 Å². The maximum atomic E-state index is 12.9. The number of anilines is 1. The number of carbonyl (C=O) groups is 2. The van der Waals surface area contributed by atoms with E-state index >= 15 is 0 Å².